The molecule has 18 heteroatoms. The summed E-state index contributed by atoms with van der Waals surface area (Å²) in [4.78, 5) is 80.9. The molecular formula is C34H49N9O8S. The molecule has 0 aliphatic rings. The number of carboxylic acid groups (broad SMARTS) is 1. The number of hydrogen-bond acceptors (Lipinski definition) is 10. The third-order valence-corrected chi connectivity index (χ3v) is 8.29. The van der Waals surface area contributed by atoms with E-state index in [4.69, 9.17) is 17.2 Å². The van der Waals surface area contributed by atoms with Crippen LogP contribution in [0.5, 0.6) is 5.75 Å². The lowest BCUT2D eigenvalue weighted by atomic mass is 10.0. The van der Waals surface area contributed by atoms with Crippen LogP contribution >= 0.6 is 11.8 Å². The van der Waals surface area contributed by atoms with Crippen LogP contribution in [0.2, 0.25) is 0 Å². The number of phenolic OH excluding ortho intramolecular Hbond substituents is 1. The maximum atomic E-state index is 13.6. The van der Waals surface area contributed by atoms with Gasteiger partial charge in [-0.15, -0.1) is 0 Å². The Labute approximate surface area is 306 Å². The molecule has 0 saturated carbocycles. The number of nitrogens with zero attached hydrogens (tertiary/aromatic N) is 1. The zero-order chi connectivity index (χ0) is 38.6. The Balaban J connectivity index is 2.05. The van der Waals surface area contributed by atoms with Gasteiger partial charge in [0.25, 0.3) is 0 Å². The van der Waals surface area contributed by atoms with Gasteiger partial charge in [0.05, 0.1) is 12.6 Å². The average molecular weight is 744 g/mol. The highest BCUT2D eigenvalue weighted by Crippen LogP contribution is 2.11. The van der Waals surface area contributed by atoms with Gasteiger partial charge in [0.15, 0.2) is 5.96 Å². The number of aliphatic carboxylic acids is 1. The van der Waals surface area contributed by atoms with Crippen LogP contribution in [-0.4, -0.2) is 107 Å². The summed E-state index contributed by atoms with van der Waals surface area (Å²) in [5.41, 5.74) is 18.0. The van der Waals surface area contributed by atoms with E-state index in [9.17, 15) is 39.0 Å². The molecule has 0 spiro atoms. The molecular weight excluding hydrogens is 694 g/mol. The fourth-order valence-electron chi connectivity index (χ4n) is 4.80. The van der Waals surface area contributed by atoms with E-state index in [1.807, 2.05) is 6.26 Å². The minimum absolute atomic E-state index is 0.0361. The zero-order valence-corrected chi connectivity index (χ0v) is 30.0. The Morgan fingerprint density at radius 1 is 0.769 bits per heavy atom. The number of thioether (sulfide) groups is 1. The van der Waals surface area contributed by atoms with Gasteiger partial charge in [0.2, 0.25) is 29.5 Å². The highest BCUT2D eigenvalue weighted by atomic mass is 32.2. The van der Waals surface area contributed by atoms with Crippen molar-refractivity contribution in [3.8, 4) is 5.75 Å². The molecule has 17 nitrogen and oxygen atoms in total. The van der Waals surface area contributed by atoms with Crippen LogP contribution in [0.1, 0.15) is 37.3 Å². The number of guanidine groups is 1. The number of amides is 5. The minimum Gasteiger partial charge on any atom is -0.508 e. The van der Waals surface area contributed by atoms with Gasteiger partial charge in [0.1, 0.15) is 29.9 Å². The molecule has 0 aromatic heterocycles. The van der Waals surface area contributed by atoms with E-state index in [0.29, 0.717) is 16.9 Å². The third kappa shape index (κ3) is 16.1. The third-order valence-electron chi connectivity index (χ3n) is 7.64. The van der Waals surface area contributed by atoms with Crippen molar-refractivity contribution in [3.63, 3.8) is 0 Å². The number of phenols is 1. The first-order chi connectivity index (χ1) is 24.7. The zero-order valence-electron chi connectivity index (χ0n) is 29.2. The Kier molecular flexibility index (Phi) is 18.5. The van der Waals surface area contributed by atoms with Crippen molar-refractivity contribution < 1.29 is 39.0 Å². The number of carbonyl (C=O) groups excluding carboxylic acids is 5. The molecule has 2 aromatic carbocycles. The van der Waals surface area contributed by atoms with Gasteiger partial charge >= 0.3 is 5.97 Å². The summed E-state index contributed by atoms with van der Waals surface area (Å²) < 4.78 is 0. The molecule has 5 atom stereocenters. The molecule has 2 aromatic rings. The van der Waals surface area contributed by atoms with Gasteiger partial charge in [-0.05, 0) is 67.9 Å². The normalized spacial score (nSPS) is 13.6. The number of benzene rings is 2. The van der Waals surface area contributed by atoms with Crippen molar-refractivity contribution in [2.45, 2.75) is 69.2 Å². The summed E-state index contributed by atoms with van der Waals surface area (Å²) in [6.45, 7) is 1.05. The summed E-state index contributed by atoms with van der Waals surface area (Å²) in [6, 6.07) is 9.38. The number of carbonyl (C=O) groups is 6. The van der Waals surface area contributed by atoms with E-state index in [-0.39, 0.29) is 50.4 Å². The number of carboxylic acids is 1. The Morgan fingerprint density at radius 3 is 2.00 bits per heavy atom. The second-order valence-electron chi connectivity index (χ2n) is 11.9. The van der Waals surface area contributed by atoms with Crippen LogP contribution in [0.3, 0.4) is 0 Å². The van der Waals surface area contributed by atoms with Gasteiger partial charge in [-0.2, -0.15) is 11.8 Å². The number of rotatable bonds is 22. The first-order valence-electron chi connectivity index (χ1n) is 16.5. The summed E-state index contributed by atoms with van der Waals surface area (Å²) >= 11 is 1.42. The van der Waals surface area contributed by atoms with Crippen LogP contribution in [0, 0.1) is 0 Å². The predicted molar refractivity (Wildman–Crippen MR) is 197 cm³/mol. The monoisotopic (exact) mass is 743 g/mol. The van der Waals surface area contributed by atoms with Crippen LogP contribution in [0.25, 0.3) is 0 Å². The summed E-state index contributed by atoms with van der Waals surface area (Å²) in [5, 5.41) is 31.8. The SMILES string of the molecule is CSCC[C@H](NC(=O)[C@H](Cc1ccccc1)NC(=O)CNC(=O)[C@@H](C)NC(=O)[C@@H](N)Cc1ccc(O)cc1)C(=O)N[C@@H](CCCN=C(N)N)C(=O)O. The van der Waals surface area contributed by atoms with Crippen LogP contribution in [-0.2, 0) is 41.6 Å². The lowest BCUT2D eigenvalue weighted by Crippen LogP contribution is -2.57. The van der Waals surface area contributed by atoms with Crippen molar-refractivity contribution >= 4 is 53.2 Å². The maximum Gasteiger partial charge on any atom is 0.326 e. The largest absolute Gasteiger partial charge is 0.508 e. The van der Waals surface area contributed by atoms with Crippen molar-refractivity contribution in [2.75, 3.05) is 25.1 Å². The van der Waals surface area contributed by atoms with Gasteiger partial charge in [-0.25, -0.2) is 4.79 Å². The molecule has 0 fully saturated rings. The Morgan fingerprint density at radius 2 is 1.38 bits per heavy atom. The molecule has 0 heterocycles. The number of hydrogen-bond donors (Lipinski definition) is 10. The second kappa shape index (κ2) is 22.5. The van der Waals surface area contributed by atoms with E-state index in [2.05, 4.69) is 31.6 Å². The van der Waals surface area contributed by atoms with Gasteiger partial charge in [-0.1, -0.05) is 42.5 Å². The summed E-state index contributed by atoms with van der Waals surface area (Å²) in [5.74, 6) is -4.29. The van der Waals surface area contributed by atoms with Crippen molar-refractivity contribution in [1.82, 2.24) is 26.6 Å². The van der Waals surface area contributed by atoms with Gasteiger partial charge in [0, 0.05) is 13.0 Å². The van der Waals surface area contributed by atoms with Crippen molar-refractivity contribution in [3.05, 3.63) is 65.7 Å². The quantitative estimate of drug-likeness (QED) is 0.0374. The highest BCUT2D eigenvalue weighted by molar-refractivity contribution is 7.98. The van der Waals surface area contributed by atoms with Gasteiger partial charge < -0.3 is 54.0 Å². The van der Waals surface area contributed by atoms with E-state index >= 15 is 0 Å². The van der Waals surface area contributed by atoms with Crippen LogP contribution in [0.15, 0.2) is 59.6 Å². The molecule has 13 N–H and O–H groups in total. The molecule has 0 bridgehead atoms. The number of aromatic hydroxyl groups is 1. The topological polar surface area (TPSA) is 293 Å². The summed E-state index contributed by atoms with van der Waals surface area (Å²) in [7, 11) is 0. The molecule has 0 saturated heterocycles. The van der Waals surface area contributed by atoms with Crippen molar-refractivity contribution in [2.24, 2.45) is 22.2 Å². The maximum absolute atomic E-state index is 13.6. The lowest BCUT2D eigenvalue weighted by Gasteiger charge is -2.25. The van der Waals surface area contributed by atoms with Crippen LogP contribution < -0.4 is 43.8 Å². The molecule has 0 radical (unpaired) electrons. The van der Waals surface area contributed by atoms with E-state index in [0.717, 1.165) is 0 Å². The first-order valence-corrected chi connectivity index (χ1v) is 17.9. The Hall–Kier alpha value is -5.36. The molecule has 5 amide bonds. The Bertz CT molecular complexity index is 1520. The predicted octanol–water partition coefficient (Wildman–Crippen LogP) is -1.53. The molecule has 0 aliphatic heterocycles. The van der Waals surface area contributed by atoms with Crippen molar-refractivity contribution in [1.29, 1.82) is 0 Å². The van der Waals surface area contributed by atoms with E-state index in [1.165, 1.54) is 30.8 Å². The van der Waals surface area contributed by atoms with Gasteiger partial charge in [-0.3, -0.25) is 29.0 Å². The second-order valence-corrected chi connectivity index (χ2v) is 12.9. The van der Waals surface area contributed by atoms with E-state index in [1.54, 1.807) is 42.5 Å². The lowest BCUT2D eigenvalue weighted by molar-refractivity contribution is -0.142. The molecule has 0 unspecified atom stereocenters. The van der Waals surface area contributed by atoms with Crippen LogP contribution in [0.4, 0.5) is 0 Å². The first kappa shape index (κ1) is 42.8. The highest BCUT2D eigenvalue weighted by Gasteiger charge is 2.30. The molecule has 0 aliphatic carbocycles. The fourth-order valence-corrected chi connectivity index (χ4v) is 5.27. The number of nitrogens with two attached hydrogens (primary N) is 3. The smallest absolute Gasteiger partial charge is 0.326 e. The molecule has 284 valence electrons. The molecule has 52 heavy (non-hydrogen) atoms. The standard InChI is InChI=1S/C34H49N9O8S/c1-20(40-30(47)24(35)17-22-10-12-23(44)13-11-22)29(46)39-19-28(45)41-27(18-21-7-4-3-5-8-21)32(49)42-25(14-16-52-2)31(48)43-26(33(50)51)9-6-15-38-34(36)37/h3-5,7-8,10-13,20,24-27,44H,6,9,14-19,35H2,1-2H3,(H,39,46)(H,40,47)(H,41,45)(H,42,49)(H,43,48)(H,50,51)(H4,36,37,38)/t20-,24+,25+,26+,27+/m1/s1. The average Bonchev–Trinajstić information content (AvgIpc) is 3.10. The number of aliphatic imine (C=N–C) groups is 1. The summed E-state index contributed by atoms with van der Waals surface area (Å²) in [6.07, 6.45) is 2.49. The molecule has 2 rings (SSSR count). The van der Waals surface area contributed by atoms with E-state index < -0.39 is 72.3 Å². The minimum atomic E-state index is -1.27. The number of nitrogens with one attached hydrogen (secondary N) is 5. The fraction of sp³-hybridized carbons (Fsp3) is 0.441.